The van der Waals surface area contributed by atoms with E-state index in [0.29, 0.717) is 58.4 Å². The second-order valence-corrected chi connectivity index (χ2v) is 12.8. The van der Waals surface area contributed by atoms with Crippen LogP contribution in [-0.4, -0.2) is 38.3 Å². The topological polar surface area (TPSA) is 132 Å². The fourth-order valence-electron chi connectivity index (χ4n) is 4.33. The third kappa shape index (κ3) is 6.35. The summed E-state index contributed by atoms with van der Waals surface area (Å²) in [6.07, 6.45) is 4.41. The van der Waals surface area contributed by atoms with Gasteiger partial charge in [0.25, 0.3) is 0 Å². The molecular weight excluding hydrogens is 648 g/mol. The number of sulfone groups is 1. The van der Waals surface area contributed by atoms with Crippen LogP contribution in [0.1, 0.15) is 22.5 Å². The normalized spacial score (nSPS) is 16.4. The zero-order valence-corrected chi connectivity index (χ0v) is 24.5. The van der Waals surface area contributed by atoms with E-state index in [-0.39, 0.29) is 18.2 Å². The third-order valence-corrected chi connectivity index (χ3v) is 8.11. The Bertz CT molecular complexity index is 1680. The number of halogens is 2. The van der Waals surface area contributed by atoms with Gasteiger partial charge in [-0.25, -0.2) is 17.8 Å². The van der Waals surface area contributed by atoms with Gasteiger partial charge in [-0.2, -0.15) is 0 Å². The van der Waals surface area contributed by atoms with Crippen LogP contribution in [0.4, 0.5) is 10.1 Å². The van der Waals surface area contributed by atoms with Crippen LogP contribution >= 0.6 is 22.6 Å². The van der Waals surface area contributed by atoms with E-state index in [1.54, 1.807) is 24.4 Å². The number of furan rings is 1. The zero-order valence-electron chi connectivity index (χ0n) is 21.5. The highest BCUT2D eigenvalue weighted by molar-refractivity contribution is 14.1. The van der Waals surface area contributed by atoms with Gasteiger partial charge >= 0.3 is 0 Å². The molecule has 3 heterocycles. The van der Waals surface area contributed by atoms with E-state index in [1.165, 1.54) is 24.7 Å². The molecule has 1 atom stereocenters. The smallest absolute Gasteiger partial charge is 0.167 e. The molecule has 0 saturated carbocycles. The number of aliphatic imine (C=N–C) groups is 1. The number of pyridine rings is 1. The highest BCUT2D eigenvalue weighted by atomic mass is 127. The predicted octanol–water partition coefficient (Wildman–Crippen LogP) is 4.41. The minimum Gasteiger partial charge on any atom is -0.487 e. The molecule has 2 aromatic heterocycles. The summed E-state index contributed by atoms with van der Waals surface area (Å²) in [5.74, 6) is 1.44. The first-order valence-electron chi connectivity index (χ1n) is 12.4. The molecule has 0 fully saturated rings. The largest absolute Gasteiger partial charge is 0.487 e. The number of anilines is 1. The van der Waals surface area contributed by atoms with Gasteiger partial charge in [-0.3, -0.25) is 10.7 Å². The lowest BCUT2D eigenvalue weighted by atomic mass is 9.89. The molecule has 40 heavy (non-hydrogen) atoms. The first kappa shape index (κ1) is 28.2. The number of ether oxygens (including phenoxy) is 1. The Hall–Kier alpha value is -3.33. The van der Waals surface area contributed by atoms with E-state index in [9.17, 15) is 12.8 Å². The summed E-state index contributed by atoms with van der Waals surface area (Å²) in [6, 6.07) is 17.4. The van der Waals surface area contributed by atoms with Crippen molar-refractivity contribution in [3.05, 3.63) is 98.7 Å². The molecule has 0 aliphatic carbocycles. The van der Waals surface area contributed by atoms with E-state index < -0.39 is 15.5 Å². The fraction of sp³-hybridized carbons (Fsp3) is 0.214. The summed E-state index contributed by atoms with van der Waals surface area (Å²) in [5.41, 5.74) is 8.96. The van der Waals surface area contributed by atoms with Gasteiger partial charge in [-0.15, -0.1) is 0 Å². The lowest BCUT2D eigenvalue weighted by molar-refractivity contribution is 0.294. The van der Waals surface area contributed by atoms with Crippen molar-refractivity contribution >= 4 is 44.5 Å². The van der Waals surface area contributed by atoms with Crippen molar-refractivity contribution in [1.82, 2.24) is 10.3 Å². The van der Waals surface area contributed by atoms with Crippen molar-refractivity contribution in [2.75, 3.05) is 23.9 Å². The molecule has 0 spiro atoms. The maximum atomic E-state index is 13.7. The third-order valence-electron chi connectivity index (χ3n) is 6.32. The Morgan fingerprint density at radius 2 is 1.98 bits per heavy atom. The first-order chi connectivity index (χ1) is 19.1. The van der Waals surface area contributed by atoms with E-state index >= 15 is 0 Å². The number of nitrogens with two attached hydrogens (primary N) is 1. The summed E-state index contributed by atoms with van der Waals surface area (Å²) in [5, 5.41) is 6.18. The van der Waals surface area contributed by atoms with Gasteiger partial charge in [-0.1, -0.05) is 24.3 Å². The van der Waals surface area contributed by atoms with Gasteiger partial charge in [-0.05, 0) is 64.6 Å². The highest BCUT2D eigenvalue weighted by Crippen LogP contribution is 2.42. The average Bonchev–Trinajstić information content (AvgIpc) is 3.39. The Morgan fingerprint density at radius 3 is 2.77 bits per heavy atom. The van der Waals surface area contributed by atoms with Crippen LogP contribution in [0.25, 0.3) is 11.5 Å². The molecule has 208 valence electrons. The van der Waals surface area contributed by atoms with Gasteiger partial charge < -0.3 is 19.8 Å². The number of para-hydroxylation sites is 1. The molecular formula is C28H27FIN5O4S. The predicted molar refractivity (Wildman–Crippen MR) is 160 cm³/mol. The summed E-state index contributed by atoms with van der Waals surface area (Å²) in [7, 11) is -3.04. The van der Waals surface area contributed by atoms with Crippen LogP contribution in [0.5, 0.6) is 5.75 Å². The van der Waals surface area contributed by atoms with Crippen LogP contribution in [0.15, 0.2) is 76.3 Å². The number of rotatable bonds is 10. The molecule has 1 unspecified atom stereocenters. The van der Waals surface area contributed by atoms with Crippen LogP contribution in [0.2, 0.25) is 0 Å². The first-order valence-corrected chi connectivity index (χ1v) is 15.5. The maximum Gasteiger partial charge on any atom is 0.167 e. The molecule has 0 amide bonds. The molecule has 0 saturated heterocycles. The standard InChI is InChI=1S/C28H27FIN5O4S/c1-40(36,37)11-10-32-14-20-8-9-26(39-20)24-13-22-25(15-33-24)34-17-35-28(22,31)21-6-3-7-23(30)27(21)38-16-18-4-2-5-19(29)12-18/h2-9,12-13,15,17,32H,10-11,14,16,31H2,1H3,(H,34,35). The number of nitrogens with one attached hydrogen (secondary N) is 2. The van der Waals surface area contributed by atoms with E-state index in [0.717, 1.165) is 3.57 Å². The second-order valence-electron chi connectivity index (χ2n) is 9.39. The number of benzene rings is 2. The van der Waals surface area contributed by atoms with E-state index in [2.05, 4.69) is 43.2 Å². The summed E-state index contributed by atoms with van der Waals surface area (Å²) < 4.78 is 49.4. The number of hydrogen-bond acceptors (Lipinski definition) is 9. The number of nitrogens with zero attached hydrogens (tertiary/aromatic N) is 2. The lowest BCUT2D eigenvalue weighted by Crippen LogP contribution is -2.40. The Kier molecular flexibility index (Phi) is 8.21. The molecule has 0 bridgehead atoms. The molecule has 2 aromatic carbocycles. The van der Waals surface area contributed by atoms with E-state index in [1.807, 2.05) is 30.3 Å². The van der Waals surface area contributed by atoms with Crippen molar-refractivity contribution in [3.8, 4) is 17.2 Å². The van der Waals surface area contributed by atoms with Gasteiger partial charge in [0.05, 0.1) is 34.1 Å². The number of fused-ring (bicyclic) bond motifs is 1. The van der Waals surface area contributed by atoms with Gasteiger partial charge in [0.2, 0.25) is 0 Å². The maximum absolute atomic E-state index is 13.7. The van der Waals surface area contributed by atoms with Crippen LogP contribution in [0, 0.1) is 9.39 Å². The van der Waals surface area contributed by atoms with Gasteiger partial charge in [0.15, 0.2) is 11.4 Å². The quantitative estimate of drug-likeness (QED) is 0.167. The Balaban J connectivity index is 1.43. The van der Waals surface area contributed by atoms with Crippen LogP contribution in [-0.2, 0) is 28.7 Å². The summed E-state index contributed by atoms with van der Waals surface area (Å²) in [4.78, 5) is 9.18. The summed E-state index contributed by atoms with van der Waals surface area (Å²) in [6.45, 7) is 0.858. The number of aromatic nitrogens is 1. The summed E-state index contributed by atoms with van der Waals surface area (Å²) >= 11 is 2.19. The SMILES string of the molecule is CS(=O)(=O)CCNCc1ccc(-c2cc3c(cn2)NC=NC3(N)c2cccc(I)c2OCc2cccc(F)c2)o1. The van der Waals surface area contributed by atoms with Gasteiger partial charge in [0, 0.05) is 23.9 Å². The average molecular weight is 676 g/mol. The fourth-order valence-corrected chi connectivity index (χ4v) is 5.49. The monoisotopic (exact) mass is 675 g/mol. The molecule has 4 aromatic rings. The molecule has 12 heteroatoms. The Labute approximate surface area is 245 Å². The zero-order chi connectivity index (χ0) is 28.3. The van der Waals surface area contributed by atoms with Gasteiger partial charge in [0.1, 0.15) is 39.5 Å². The molecule has 9 nitrogen and oxygen atoms in total. The van der Waals surface area contributed by atoms with Crippen molar-refractivity contribution < 1.29 is 22.0 Å². The minimum atomic E-state index is -3.04. The number of hydrogen-bond donors (Lipinski definition) is 3. The van der Waals surface area contributed by atoms with Crippen molar-refractivity contribution in [3.63, 3.8) is 0 Å². The lowest BCUT2D eigenvalue weighted by Gasteiger charge is -2.33. The molecule has 4 N–H and O–H groups in total. The highest BCUT2D eigenvalue weighted by Gasteiger charge is 2.37. The van der Waals surface area contributed by atoms with Crippen molar-refractivity contribution in [1.29, 1.82) is 0 Å². The second kappa shape index (κ2) is 11.6. The minimum absolute atomic E-state index is 0.0470. The molecule has 0 radical (unpaired) electrons. The van der Waals surface area contributed by atoms with E-state index in [4.69, 9.17) is 14.9 Å². The van der Waals surface area contributed by atoms with Crippen LogP contribution < -0.4 is 21.1 Å². The van der Waals surface area contributed by atoms with Crippen molar-refractivity contribution in [2.45, 2.75) is 18.8 Å². The molecule has 1 aliphatic heterocycles. The molecule has 5 rings (SSSR count). The van der Waals surface area contributed by atoms with Crippen LogP contribution in [0.3, 0.4) is 0 Å². The Morgan fingerprint density at radius 1 is 1.15 bits per heavy atom. The van der Waals surface area contributed by atoms with Crippen molar-refractivity contribution in [2.24, 2.45) is 10.7 Å². The molecule has 1 aliphatic rings.